The molecule has 172 valence electrons. The van der Waals surface area contributed by atoms with Gasteiger partial charge in [0.05, 0.1) is 23.1 Å². The van der Waals surface area contributed by atoms with Gasteiger partial charge in [-0.3, -0.25) is 14.8 Å². The van der Waals surface area contributed by atoms with Crippen LogP contribution in [0.5, 0.6) is 0 Å². The van der Waals surface area contributed by atoms with Gasteiger partial charge in [-0.2, -0.15) is 0 Å². The van der Waals surface area contributed by atoms with Crippen LogP contribution in [0, 0.1) is 11.8 Å². The molecule has 2 aromatic heterocycles. The summed E-state index contributed by atoms with van der Waals surface area (Å²) in [5.41, 5.74) is 2.16. The lowest BCUT2D eigenvalue weighted by Crippen LogP contribution is -2.39. The van der Waals surface area contributed by atoms with Crippen molar-refractivity contribution < 1.29 is 9.53 Å². The minimum Gasteiger partial charge on any atom is -0.381 e. The minimum atomic E-state index is 0.0853. The largest absolute Gasteiger partial charge is 0.381 e. The normalized spacial score (nSPS) is 20.2. The molecule has 0 bridgehead atoms. The van der Waals surface area contributed by atoms with Crippen LogP contribution in [0.3, 0.4) is 0 Å². The van der Waals surface area contributed by atoms with E-state index in [-0.39, 0.29) is 11.7 Å². The van der Waals surface area contributed by atoms with Crippen LogP contribution in [0.4, 0.5) is 5.82 Å². The number of carbonyl (C=O) groups is 1. The quantitative estimate of drug-likeness (QED) is 0.644. The van der Waals surface area contributed by atoms with Crippen LogP contribution in [0.2, 0.25) is 5.02 Å². The molecule has 0 amide bonds. The number of Topliss-reactive ketones (excluding diaryl/α,β-unsaturated/α-hetero) is 1. The maximum absolute atomic E-state index is 12.9. The molecule has 1 N–H and O–H groups in total. The van der Waals surface area contributed by atoms with Crippen LogP contribution >= 0.6 is 11.6 Å². The second-order valence-electron chi connectivity index (χ2n) is 8.76. The molecular weight excluding hydrogens is 426 g/mol. The number of piperidine rings is 1. The maximum atomic E-state index is 12.9. The molecule has 2 aromatic rings. The summed E-state index contributed by atoms with van der Waals surface area (Å²) in [7, 11) is 0. The second-order valence-corrected chi connectivity index (χ2v) is 9.16. The Morgan fingerprint density at radius 3 is 2.91 bits per heavy atom. The fourth-order valence-electron chi connectivity index (χ4n) is 4.48. The van der Waals surface area contributed by atoms with Gasteiger partial charge < -0.3 is 15.0 Å². The van der Waals surface area contributed by atoms with E-state index in [1.165, 1.54) is 0 Å². The SMILES string of the molecule is CCN1CCC[C@@H](C(=O)Cc2cc(-c3cncc(NCC4CCOCC4)n3)c(Cl)cn2)C1. The number of anilines is 1. The van der Waals surface area contributed by atoms with E-state index in [2.05, 4.69) is 27.1 Å². The van der Waals surface area contributed by atoms with Gasteiger partial charge in [0.15, 0.2) is 0 Å². The number of ketones is 1. The molecule has 2 aliphatic heterocycles. The first-order valence-electron chi connectivity index (χ1n) is 11.7. The summed E-state index contributed by atoms with van der Waals surface area (Å²) in [6, 6.07) is 1.88. The molecule has 0 aromatic carbocycles. The van der Waals surface area contributed by atoms with Gasteiger partial charge in [-0.1, -0.05) is 18.5 Å². The number of hydrogen-bond acceptors (Lipinski definition) is 7. The molecule has 2 saturated heterocycles. The molecule has 32 heavy (non-hydrogen) atoms. The first-order valence-corrected chi connectivity index (χ1v) is 12.0. The fraction of sp³-hybridized carbons (Fsp3) is 0.583. The third-order valence-corrected chi connectivity index (χ3v) is 6.80. The Bertz CT molecular complexity index is 919. The topological polar surface area (TPSA) is 80.2 Å². The third kappa shape index (κ3) is 6.03. The number of rotatable bonds is 8. The molecule has 0 unspecified atom stereocenters. The molecule has 8 heteroatoms. The van der Waals surface area contributed by atoms with Crippen molar-refractivity contribution in [3.05, 3.63) is 35.4 Å². The molecule has 0 saturated carbocycles. The average Bonchev–Trinajstić information content (AvgIpc) is 2.84. The van der Waals surface area contributed by atoms with Crippen molar-refractivity contribution in [3.8, 4) is 11.3 Å². The van der Waals surface area contributed by atoms with E-state index >= 15 is 0 Å². The van der Waals surface area contributed by atoms with Crippen molar-refractivity contribution in [2.24, 2.45) is 11.8 Å². The lowest BCUT2D eigenvalue weighted by atomic mass is 9.91. The zero-order valence-electron chi connectivity index (χ0n) is 18.7. The monoisotopic (exact) mass is 457 g/mol. The van der Waals surface area contributed by atoms with Gasteiger partial charge in [-0.25, -0.2) is 4.98 Å². The standard InChI is InChI=1S/C24H32ClN5O2/c1-2-30-7-3-4-18(16-30)23(31)11-19-10-20(21(25)13-27-19)22-14-26-15-24(29-22)28-12-17-5-8-32-9-6-17/h10,13-15,17-18H,2-9,11-12,16H2,1H3,(H,28,29)/t18-/m1/s1. The number of ether oxygens (including phenoxy) is 1. The first kappa shape index (κ1) is 23.1. The zero-order valence-corrected chi connectivity index (χ0v) is 19.5. The van der Waals surface area contributed by atoms with E-state index < -0.39 is 0 Å². The van der Waals surface area contributed by atoms with Crippen LogP contribution in [0.25, 0.3) is 11.3 Å². The molecular formula is C24H32ClN5O2. The molecule has 0 aliphatic carbocycles. The zero-order chi connectivity index (χ0) is 22.3. The van der Waals surface area contributed by atoms with E-state index in [4.69, 9.17) is 21.3 Å². The number of carbonyl (C=O) groups excluding carboxylic acids is 1. The first-order chi connectivity index (χ1) is 15.6. The van der Waals surface area contributed by atoms with Crippen LogP contribution in [-0.4, -0.2) is 65.0 Å². The lowest BCUT2D eigenvalue weighted by molar-refractivity contribution is -0.123. The van der Waals surface area contributed by atoms with Crippen LogP contribution < -0.4 is 5.32 Å². The van der Waals surface area contributed by atoms with Crippen molar-refractivity contribution in [2.75, 3.05) is 44.7 Å². The molecule has 2 aliphatic rings. The Hall–Kier alpha value is -2.09. The average molecular weight is 458 g/mol. The summed E-state index contributed by atoms with van der Waals surface area (Å²) < 4.78 is 5.43. The van der Waals surface area contributed by atoms with E-state index in [0.717, 1.165) is 82.2 Å². The van der Waals surface area contributed by atoms with Gasteiger partial charge in [-0.15, -0.1) is 0 Å². The predicted molar refractivity (Wildman–Crippen MR) is 126 cm³/mol. The molecule has 4 rings (SSSR count). The fourth-order valence-corrected chi connectivity index (χ4v) is 4.68. The van der Waals surface area contributed by atoms with Gasteiger partial charge in [0.25, 0.3) is 0 Å². The van der Waals surface area contributed by atoms with Crippen LogP contribution in [0.15, 0.2) is 24.7 Å². The molecule has 7 nitrogen and oxygen atoms in total. The maximum Gasteiger partial charge on any atom is 0.145 e. The van der Waals surface area contributed by atoms with E-state index in [1.54, 1.807) is 18.6 Å². The number of aromatic nitrogens is 3. The molecule has 1 atom stereocenters. The van der Waals surface area contributed by atoms with E-state index in [1.807, 2.05) is 6.07 Å². The number of hydrogen-bond donors (Lipinski definition) is 1. The highest BCUT2D eigenvalue weighted by Crippen LogP contribution is 2.28. The number of pyridine rings is 1. The number of halogens is 1. The predicted octanol–water partition coefficient (Wildman–Crippen LogP) is 3.87. The van der Waals surface area contributed by atoms with Crippen molar-refractivity contribution in [1.82, 2.24) is 19.9 Å². The number of likely N-dealkylation sites (tertiary alicyclic amines) is 1. The number of nitrogens with zero attached hydrogens (tertiary/aromatic N) is 4. The van der Waals surface area contributed by atoms with Crippen molar-refractivity contribution in [2.45, 2.75) is 39.0 Å². The summed E-state index contributed by atoms with van der Waals surface area (Å²) in [5.74, 6) is 1.64. The van der Waals surface area contributed by atoms with E-state index in [0.29, 0.717) is 23.1 Å². The Balaban J connectivity index is 1.43. The van der Waals surface area contributed by atoms with Gasteiger partial charge in [-0.05, 0) is 50.8 Å². The van der Waals surface area contributed by atoms with Gasteiger partial charge >= 0.3 is 0 Å². The molecule has 0 spiro atoms. The van der Waals surface area contributed by atoms with E-state index in [9.17, 15) is 4.79 Å². The third-order valence-electron chi connectivity index (χ3n) is 6.50. The summed E-state index contributed by atoms with van der Waals surface area (Å²) in [6.45, 7) is 7.57. The Morgan fingerprint density at radius 1 is 1.25 bits per heavy atom. The highest BCUT2D eigenvalue weighted by Gasteiger charge is 2.25. The highest BCUT2D eigenvalue weighted by atomic mass is 35.5. The summed E-state index contributed by atoms with van der Waals surface area (Å²) in [6.07, 6.45) is 9.52. The number of nitrogens with one attached hydrogen (secondary N) is 1. The van der Waals surface area contributed by atoms with Crippen molar-refractivity contribution in [3.63, 3.8) is 0 Å². The molecule has 4 heterocycles. The van der Waals surface area contributed by atoms with Crippen molar-refractivity contribution in [1.29, 1.82) is 0 Å². The Kier molecular flexibility index (Phi) is 8.05. The smallest absolute Gasteiger partial charge is 0.145 e. The highest BCUT2D eigenvalue weighted by molar-refractivity contribution is 6.33. The van der Waals surface area contributed by atoms with Crippen molar-refractivity contribution >= 4 is 23.2 Å². The van der Waals surface area contributed by atoms with Crippen LogP contribution in [0.1, 0.15) is 38.3 Å². The summed E-state index contributed by atoms with van der Waals surface area (Å²) in [4.78, 5) is 28.7. The van der Waals surface area contributed by atoms with Gasteiger partial charge in [0, 0.05) is 56.1 Å². The molecule has 0 radical (unpaired) electrons. The summed E-state index contributed by atoms with van der Waals surface area (Å²) in [5, 5.41) is 3.90. The summed E-state index contributed by atoms with van der Waals surface area (Å²) >= 11 is 6.45. The lowest BCUT2D eigenvalue weighted by Gasteiger charge is -2.30. The Morgan fingerprint density at radius 2 is 2.09 bits per heavy atom. The molecule has 2 fully saturated rings. The van der Waals surface area contributed by atoms with Crippen LogP contribution in [-0.2, 0) is 16.0 Å². The van der Waals surface area contributed by atoms with Gasteiger partial charge in [0.2, 0.25) is 0 Å². The second kappa shape index (κ2) is 11.2. The Labute approximate surface area is 194 Å². The van der Waals surface area contributed by atoms with Gasteiger partial charge in [0.1, 0.15) is 11.6 Å². The minimum absolute atomic E-state index is 0.0853.